The van der Waals surface area contributed by atoms with Crippen molar-refractivity contribution in [1.29, 1.82) is 0 Å². The number of para-hydroxylation sites is 1. The van der Waals surface area contributed by atoms with Crippen LogP contribution in [-0.4, -0.2) is 16.5 Å². The number of imidazole rings is 1. The molecule has 0 fully saturated rings. The zero-order valence-corrected chi connectivity index (χ0v) is 10.1. The third kappa shape index (κ3) is 2.36. The lowest BCUT2D eigenvalue weighted by Crippen LogP contribution is -2.11. The Labute approximate surface area is 100 Å². The van der Waals surface area contributed by atoms with Crippen LogP contribution in [0.4, 0.5) is 0 Å². The first-order valence-electron chi connectivity index (χ1n) is 5.54. The van der Waals surface area contributed by atoms with Crippen molar-refractivity contribution in [3.8, 4) is 0 Å². The lowest BCUT2D eigenvalue weighted by molar-refractivity contribution is 0.538. The van der Waals surface area contributed by atoms with E-state index in [0.29, 0.717) is 10.9 Å². The van der Waals surface area contributed by atoms with Crippen LogP contribution < -0.4 is 5.73 Å². The summed E-state index contributed by atoms with van der Waals surface area (Å²) in [5.74, 6) is 1.52. The number of aryl methyl sites for hydroxylation is 1. The third-order valence-electron chi connectivity index (χ3n) is 2.79. The molecule has 16 heavy (non-hydrogen) atoms. The number of hydrogen-bond acceptors (Lipinski definition) is 2. The molecule has 2 rings (SSSR count). The van der Waals surface area contributed by atoms with E-state index in [1.807, 2.05) is 18.2 Å². The molecule has 0 spiro atoms. The van der Waals surface area contributed by atoms with Crippen molar-refractivity contribution in [3.05, 3.63) is 29.0 Å². The van der Waals surface area contributed by atoms with Gasteiger partial charge < -0.3 is 10.7 Å². The Morgan fingerprint density at radius 3 is 3.00 bits per heavy atom. The Morgan fingerprint density at radius 2 is 2.31 bits per heavy atom. The van der Waals surface area contributed by atoms with Gasteiger partial charge in [-0.3, -0.25) is 0 Å². The summed E-state index contributed by atoms with van der Waals surface area (Å²) in [5, 5.41) is 0.701. The zero-order valence-electron chi connectivity index (χ0n) is 9.33. The summed E-state index contributed by atoms with van der Waals surface area (Å²) < 4.78 is 0. The molecule has 0 aliphatic heterocycles. The molecule has 1 unspecified atom stereocenters. The van der Waals surface area contributed by atoms with Crippen molar-refractivity contribution in [3.63, 3.8) is 0 Å². The number of hydrogen-bond donors (Lipinski definition) is 2. The molecule has 1 aromatic heterocycles. The lowest BCUT2D eigenvalue weighted by atomic mass is 10.1. The average Bonchev–Trinajstić information content (AvgIpc) is 2.70. The molecule has 0 aliphatic rings. The first-order chi connectivity index (χ1) is 7.70. The van der Waals surface area contributed by atoms with Crippen LogP contribution in [0.5, 0.6) is 0 Å². The van der Waals surface area contributed by atoms with Gasteiger partial charge in [0.15, 0.2) is 0 Å². The molecule has 0 saturated carbocycles. The molecule has 3 N–H and O–H groups in total. The molecule has 3 nitrogen and oxygen atoms in total. The third-order valence-corrected chi connectivity index (χ3v) is 3.09. The van der Waals surface area contributed by atoms with Crippen LogP contribution in [0.25, 0.3) is 11.0 Å². The lowest BCUT2D eigenvalue weighted by Gasteiger charge is -2.05. The van der Waals surface area contributed by atoms with Crippen LogP contribution in [0.2, 0.25) is 5.02 Å². The molecule has 86 valence electrons. The van der Waals surface area contributed by atoms with Gasteiger partial charge >= 0.3 is 0 Å². The summed E-state index contributed by atoms with van der Waals surface area (Å²) in [5.41, 5.74) is 7.45. The molecular formula is C12H16ClN3. The maximum absolute atomic E-state index is 6.06. The van der Waals surface area contributed by atoms with Gasteiger partial charge in [-0.05, 0) is 31.0 Å². The van der Waals surface area contributed by atoms with E-state index in [1.165, 1.54) is 0 Å². The molecule has 0 aliphatic carbocycles. The molecular weight excluding hydrogens is 222 g/mol. The molecule has 0 saturated heterocycles. The minimum Gasteiger partial charge on any atom is -0.342 e. The fourth-order valence-corrected chi connectivity index (χ4v) is 1.88. The smallest absolute Gasteiger partial charge is 0.107 e. The van der Waals surface area contributed by atoms with E-state index in [4.69, 9.17) is 17.3 Å². The Balaban J connectivity index is 2.17. The second-order valence-corrected chi connectivity index (χ2v) is 4.61. The maximum atomic E-state index is 6.06. The molecule has 0 radical (unpaired) electrons. The number of fused-ring (bicyclic) bond motifs is 1. The average molecular weight is 238 g/mol. The van der Waals surface area contributed by atoms with Crippen LogP contribution in [0.1, 0.15) is 19.2 Å². The maximum Gasteiger partial charge on any atom is 0.107 e. The molecule has 0 amide bonds. The van der Waals surface area contributed by atoms with Gasteiger partial charge in [0.1, 0.15) is 11.3 Å². The summed E-state index contributed by atoms with van der Waals surface area (Å²) in [6.45, 7) is 2.87. The standard InChI is InChI=1S/C12H16ClN3/c1-8(7-14)5-6-11-15-10-4-2-3-9(13)12(10)16-11/h2-4,8H,5-7,14H2,1H3,(H,15,16). The van der Waals surface area contributed by atoms with Crippen LogP contribution in [0.15, 0.2) is 18.2 Å². The van der Waals surface area contributed by atoms with E-state index in [2.05, 4.69) is 16.9 Å². The summed E-state index contributed by atoms with van der Waals surface area (Å²) in [6, 6.07) is 5.77. The minimum atomic E-state index is 0.531. The van der Waals surface area contributed by atoms with E-state index >= 15 is 0 Å². The predicted octanol–water partition coefficient (Wildman–Crippen LogP) is 2.74. The van der Waals surface area contributed by atoms with Gasteiger partial charge in [-0.1, -0.05) is 24.6 Å². The van der Waals surface area contributed by atoms with E-state index in [-0.39, 0.29) is 0 Å². The normalized spacial score (nSPS) is 13.2. The van der Waals surface area contributed by atoms with Gasteiger partial charge in [-0.2, -0.15) is 0 Å². The fourth-order valence-electron chi connectivity index (χ4n) is 1.67. The number of nitrogens with zero attached hydrogens (tertiary/aromatic N) is 1. The van der Waals surface area contributed by atoms with Gasteiger partial charge in [-0.25, -0.2) is 4.98 Å². The highest BCUT2D eigenvalue weighted by Crippen LogP contribution is 2.21. The van der Waals surface area contributed by atoms with Crippen LogP contribution in [0, 0.1) is 5.92 Å². The van der Waals surface area contributed by atoms with Crippen LogP contribution >= 0.6 is 11.6 Å². The molecule has 0 bridgehead atoms. The summed E-state index contributed by atoms with van der Waals surface area (Å²) >= 11 is 6.06. The highest BCUT2D eigenvalue weighted by atomic mass is 35.5. The topological polar surface area (TPSA) is 54.7 Å². The monoisotopic (exact) mass is 237 g/mol. The van der Waals surface area contributed by atoms with Crippen molar-refractivity contribution in [2.24, 2.45) is 11.7 Å². The van der Waals surface area contributed by atoms with Gasteiger partial charge in [0.25, 0.3) is 0 Å². The van der Waals surface area contributed by atoms with E-state index in [9.17, 15) is 0 Å². The number of nitrogens with one attached hydrogen (secondary N) is 1. The SMILES string of the molecule is CC(CN)CCc1nc2c(Cl)cccc2[nH]1. The Bertz CT molecular complexity index is 478. The second-order valence-electron chi connectivity index (χ2n) is 4.20. The quantitative estimate of drug-likeness (QED) is 0.859. The number of nitrogens with two attached hydrogens (primary N) is 1. The number of halogens is 1. The number of aromatic nitrogens is 2. The fraction of sp³-hybridized carbons (Fsp3) is 0.417. The van der Waals surface area contributed by atoms with Gasteiger partial charge in [0, 0.05) is 6.42 Å². The van der Waals surface area contributed by atoms with Crippen LogP contribution in [-0.2, 0) is 6.42 Å². The van der Waals surface area contributed by atoms with E-state index < -0.39 is 0 Å². The van der Waals surface area contributed by atoms with Crippen LogP contribution in [0.3, 0.4) is 0 Å². The van der Waals surface area contributed by atoms with Crippen molar-refractivity contribution in [1.82, 2.24) is 9.97 Å². The highest BCUT2D eigenvalue weighted by molar-refractivity contribution is 6.34. The van der Waals surface area contributed by atoms with Gasteiger partial charge in [0.05, 0.1) is 10.5 Å². The molecule has 1 heterocycles. The largest absolute Gasteiger partial charge is 0.342 e. The first-order valence-corrected chi connectivity index (χ1v) is 5.91. The van der Waals surface area contributed by atoms with E-state index in [1.54, 1.807) is 0 Å². The van der Waals surface area contributed by atoms with E-state index in [0.717, 1.165) is 36.2 Å². The number of rotatable bonds is 4. The summed E-state index contributed by atoms with van der Waals surface area (Å²) in [4.78, 5) is 7.77. The number of benzene rings is 1. The molecule has 1 aromatic carbocycles. The Morgan fingerprint density at radius 1 is 1.50 bits per heavy atom. The first kappa shape index (κ1) is 11.4. The Kier molecular flexibility index (Phi) is 3.46. The van der Waals surface area contributed by atoms with Crippen molar-refractivity contribution >= 4 is 22.6 Å². The molecule has 4 heteroatoms. The van der Waals surface area contributed by atoms with Crippen molar-refractivity contribution < 1.29 is 0 Å². The Hall–Kier alpha value is -1.06. The van der Waals surface area contributed by atoms with Crippen molar-refractivity contribution in [2.75, 3.05) is 6.54 Å². The van der Waals surface area contributed by atoms with Crippen molar-refractivity contribution in [2.45, 2.75) is 19.8 Å². The summed E-state index contributed by atoms with van der Waals surface area (Å²) in [7, 11) is 0. The molecule has 2 aromatic rings. The number of aromatic amines is 1. The zero-order chi connectivity index (χ0) is 11.5. The predicted molar refractivity (Wildman–Crippen MR) is 67.6 cm³/mol. The number of H-pyrrole nitrogens is 1. The van der Waals surface area contributed by atoms with Gasteiger partial charge in [-0.15, -0.1) is 0 Å². The second kappa shape index (κ2) is 4.85. The summed E-state index contributed by atoms with van der Waals surface area (Å²) in [6.07, 6.45) is 1.97. The van der Waals surface area contributed by atoms with Gasteiger partial charge in [0.2, 0.25) is 0 Å². The molecule has 1 atom stereocenters. The highest BCUT2D eigenvalue weighted by Gasteiger charge is 2.07. The minimum absolute atomic E-state index is 0.531.